The van der Waals surface area contributed by atoms with Gasteiger partial charge in [0, 0.05) is 22.0 Å². The molecule has 0 saturated carbocycles. The molecule has 0 unspecified atom stereocenters. The van der Waals surface area contributed by atoms with Crippen LogP contribution in [0.2, 0.25) is 10.0 Å². The molecule has 0 spiro atoms. The van der Waals surface area contributed by atoms with E-state index in [2.05, 4.69) is 0 Å². The van der Waals surface area contributed by atoms with E-state index in [9.17, 15) is 4.79 Å². The summed E-state index contributed by atoms with van der Waals surface area (Å²) in [4.78, 5) is 13.3. The van der Waals surface area contributed by atoms with Crippen LogP contribution < -0.4 is 27.3 Å². The maximum atomic E-state index is 12.3. The maximum absolute atomic E-state index is 12.3. The number of nitrogens with zero attached hydrogens (tertiary/aromatic N) is 1. The summed E-state index contributed by atoms with van der Waals surface area (Å²) in [5.41, 5.74) is 7.67. The highest BCUT2D eigenvalue weighted by Gasteiger charge is 2.17. The highest BCUT2D eigenvalue weighted by Crippen LogP contribution is 2.25. The van der Waals surface area contributed by atoms with E-state index in [1.165, 1.54) is 11.3 Å². The van der Waals surface area contributed by atoms with Crippen LogP contribution >= 0.6 is 34.5 Å². The Hall–Kier alpha value is -1.40. The Balaban J connectivity index is 0.00000225. The highest BCUT2D eigenvalue weighted by atomic mass is 79.9. The van der Waals surface area contributed by atoms with Crippen molar-refractivity contribution < 1.29 is 26.3 Å². The van der Waals surface area contributed by atoms with E-state index in [1.54, 1.807) is 28.8 Å². The first-order chi connectivity index (χ1) is 11.5. The van der Waals surface area contributed by atoms with Gasteiger partial charge in [-0.3, -0.25) is 10.5 Å². The summed E-state index contributed by atoms with van der Waals surface area (Å²) < 4.78 is 1.77. The van der Waals surface area contributed by atoms with Crippen LogP contribution in [0.1, 0.15) is 20.8 Å². The van der Waals surface area contributed by atoms with Crippen LogP contribution in [0.4, 0.5) is 5.13 Å². The van der Waals surface area contributed by atoms with Gasteiger partial charge in [0.25, 0.3) is 0 Å². The van der Waals surface area contributed by atoms with Crippen LogP contribution in [-0.2, 0) is 13.0 Å². The number of carbonyl (C=O) groups excluding carboxylic acids is 1. The Morgan fingerprint density at radius 1 is 1.12 bits per heavy atom. The lowest BCUT2D eigenvalue weighted by Gasteiger charge is -2.02. The standard InChI is InChI=1S/C18H14Cl2N2OS.BrH/c19-14-6-7-16(20)13(8-14)9-15-10-22(18(21)24-15)11-17(23)12-4-2-1-3-5-12;/h1-8,10,21H,9,11H2;1H. The smallest absolute Gasteiger partial charge is 0.332 e. The van der Waals surface area contributed by atoms with Gasteiger partial charge in [-0.15, -0.1) is 0 Å². The topological polar surface area (TPSA) is 47.0 Å². The molecule has 0 aliphatic heterocycles. The normalized spacial score (nSPS) is 10.3. The number of benzene rings is 2. The molecule has 0 atom stereocenters. The molecular weight excluding hydrogens is 443 g/mol. The number of carbonyl (C=O) groups is 1. The molecule has 1 aromatic heterocycles. The molecule has 3 rings (SSSR count). The van der Waals surface area contributed by atoms with Crippen molar-refractivity contribution in [2.45, 2.75) is 13.0 Å². The second-order valence-corrected chi connectivity index (χ2v) is 7.36. The Morgan fingerprint density at radius 3 is 2.56 bits per heavy atom. The fourth-order valence-corrected chi connectivity index (χ4v) is 3.69. The molecule has 0 radical (unpaired) electrons. The van der Waals surface area contributed by atoms with Gasteiger partial charge in [0.05, 0.1) is 4.88 Å². The van der Waals surface area contributed by atoms with E-state index >= 15 is 0 Å². The Bertz CT molecular complexity index is 884. The third-order valence-corrected chi connectivity index (χ3v) is 5.16. The number of aromatic nitrogens is 1. The van der Waals surface area contributed by atoms with Crippen molar-refractivity contribution in [1.29, 1.82) is 0 Å². The number of thiazole rings is 1. The van der Waals surface area contributed by atoms with Crippen LogP contribution in [0.25, 0.3) is 0 Å². The molecule has 1 heterocycles. The molecule has 0 aliphatic rings. The predicted molar refractivity (Wildman–Crippen MR) is 99.0 cm³/mol. The van der Waals surface area contributed by atoms with E-state index in [0.29, 0.717) is 27.2 Å². The predicted octanol–water partition coefficient (Wildman–Crippen LogP) is 1.40. The fraction of sp³-hybridized carbons (Fsp3) is 0.111. The molecule has 0 bridgehead atoms. The van der Waals surface area contributed by atoms with E-state index < -0.39 is 0 Å². The second-order valence-electron chi connectivity index (χ2n) is 5.37. The Kier molecular flexibility index (Phi) is 7.02. The maximum Gasteiger partial charge on any atom is 0.332 e. The molecular formula is C18H15BrCl2N2OS. The Morgan fingerprint density at radius 2 is 1.84 bits per heavy atom. The lowest BCUT2D eigenvalue weighted by molar-refractivity contribution is -0.664. The molecule has 0 saturated heterocycles. The van der Waals surface area contributed by atoms with Gasteiger partial charge < -0.3 is 17.0 Å². The average Bonchev–Trinajstić information content (AvgIpc) is 2.91. The number of ketones is 1. The minimum absolute atomic E-state index is 0. The van der Waals surface area contributed by atoms with E-state index in [-0.39, 0.29) is 29.3 Å². The summed E-state index contributed by atoms with van der Waals surface area (Å²) in [5.74, 6) is 0.0254. The van der Waals surface area contributed by atoms with Crippen LogP contribution in [0.15, 0.2) is 54.7 Å². The highest BCUT2D eigenvalue weighted by molar-refractivity contribution is 7.14. The van der Waals surface area contributed by atoms with E-state index in [4.69, 9.17) is 28.9 Å². The largest absolute Gasteiger partial charge is 1.00 e. The molecule has 0 aliphatic carbocycles. The number of rotatable bonds is 5. The van der Waals surface area contributed by atoms with Gasteiger partial charge >= 0.3 is 5.13 Å². The van der Waals surface area contributed by atoms with Gasteiger partial charge in [-0.05, 0) is 23.8 Å². The molecule has 3 nitrogen and oxygen atoms in total. The molecule has 3 aromatic rings. The molecule has 7 heteroatoms. The van der Waals surface area contributed by atoms with Crippen molar-refractivity contribution in [3.63, 3.8) is 0 Å². The summed E-state index contributed by atoms with van der Waals surface area (Å²) in [6.07, 6.45) is 2.53. The van der Waals surface area contributed by atoms with Crippen molar-refractivity contribution in [2.24, 2.45) is 0 Å². The zero-order valence-corrected chi connectivity index (χ0v) is 17.0. The van der Waals surface area contributed by atoms with Crippen molar-refractivity contribution in [3.05, 3.63) is 80.8 Å². The van der Waals surface area contributed by atoms with Gasteiger partial charge in [-0.1, -0.05) is 64.9 Å². The van der Waals surface area contributed by atoms with Crippen LogP contribution in [-0.4, -0.2) is 5.78 Å². The number of nitrogen functional groups attached to an aromatic ring is 1. The van der Waals surface area contributed by atoms with Crippen LogP contribution in [0, 0.1) is 0 Å². The molecule has 25 heavy (non-hydrogen) atoms. The zero-order valence-electron chi connectivity index (χ0n) is 13.1. The van der Waals surface area contributed by atoms with Crippen LogP contribution in [0.5, 0.6) is 0 Å². The van der Waals surface area contributed by atoms with Crippen LogP contribution in [0.3, 0.4) is 0 Å². The van der Waals surface area contributed by atoms with Gasteiger partial charge in [0.2, 0.25) is 5.78 Å². The van der Waals surface area contributed by atoms with Gasteiger partial charge in [-0.25, -0.2) is 4.57 Å². The number of Topliss-reactive ketones (excluding diaryl/α,β-unsaturated/α-hetero) is 1. The summed E-state index contributed by atoms with van der Waals surface area (Å²) in [5, 5.41) is 1.90. The molecule has 0 fully saturated rings. The SMILES string of the molecule is Nc1sc(Cc2cc(Cl)ccc2Cl)c[n+]1CC(=O)c1ccccc1.[Br-]. The first-order valence-electron chi connectivity index (χ1n) is 7.33. The van der Waals surface area contributed by atoms with Gasteiger partial charge in [0.15, 0.2) is 6.54 Å². The minimum Gasteiger partial charge on any atom is -1.00 e. The third kappa shape index (κ3) is 5.05. The molecule has 2 N–H and O–H groups in total. The molecule has 130 valence electrons. The van der Waals surface area contributed by atoms with Gasteiger partial charge in [-0.2, -0.15) is 0 Å². The number of halogens is 3. The second kappa shape index (κ2) is 8.81. The Labute approximate surface area is 170 Å². The average molecular weight is 458 g/mol. The summed E-state index contributed by atoms with van der Waals surface area (Å²) in [6, 6.07) is 14.6. The van der Waals surface area contributed by atoms with Crippen molar-refractivity contribution in [3.8, 4) is 0 Å². The first kappa shape index (κ1) is 19.9. The van der Waals surface area contributed by atoms with E-state index in [0.717, 1.165) is 10.4 Å². The lowest BCUT2D eigenvalue weighted by atomic mass is 10.1. The molecule has 0 amide bonds. The quantitative estimate of drug-likeness (QED) is 0.465. The zero-order chi connectivity index (χ0) is 17.1. The first-order valence-corrected chi connectivity index (χ1v) is 8.90. The van der Waals surface area contributed by atoms with Gasteiger partial charge in [0.1, 0.15) is 6.20 Å². The number of anilines is 1. The fourth-order valence-electron chi connectivity index (χ4n) is 2.40. The van der Waals surface area contributed by atoms with Crippen molar-refractivity contribution >= 4 is 45.5 Å². The minimum atomic E-state index is 0. The summed E-state index contributed by atoms with van der Waals surface area (Å²) >= 11 is 13.7. The third-order valence-electron chi connectivity index (χ3n) is 3.60. The number of hydrogen-bond acceptors (Lipinski definition) is 3. The van der Waals surface area contributed by atoms with E-state index in [1.807, 2.05) is 30.5 Å². The monoisotopic (exact) mass is 456 g/mol. The lowest BCUT2D eigenvalue weighted by Crippen LogP contribution is -3.00. The number of nitrogens with two attached hydrogens (primary N) is 1. The number of hydrogen-bond donors (Lipinski definition) is 1. The summed E-state index contributed by atoms with van der Waals surface area (Å²) in [6.45, 7) is 0.218. The van der Waals surface area contributed by atoms with Crippen molar-refractivity contribution in [2.75, 3.05) is 5.73 Å². The summed E-state index contributed by atoms with van der Waals surface area (Å²) in [7, 11) is 0. The van der Waals surface area contributed by atoms with Crippen molar-refractivity contribution in [1.82, 2.24) is 0 Å². The molecule has 2 aromatic carbocycles.